The summed E-state index contributed by atoms with van der Waals surface area (Å²) in [6, 6.07) is 3.00. The number of hydrogen-bond donors (Lipinski definition) is 1. The van der Waals surface area contributed by atoms with Crippen molar-refractivity contribution >= 4 is 11.6 Å². The van der Waals surface area contributed by atoms with Gasteiger partial charge in [-0.15, -0.1) is 0 Å². The molecule has 1 aromatic rings. The summed E-state index contributed by atoms with van der Waals surface area (Å²) in [5.74, 6) is -0.107. The number of ether oxygens (including phenoxy) is 1. The highest BCUT2D eigenvalue weighted by Gasteiger charge is 2.19. The Bertz CT molecular complexity index is 499. The van der Waals surface area contributed by atoms with Gasteiger partial charge in [0.2, 0.25) is 5.91 Å². The standard InChI is InChI=1S/C14H23N3O3/c1-4-11(2)17(7-8-20-3)14(19)10-16-9-12(15)5-6-13(16)18/h5-6,9,11H,4,7-8,10,15H2,1-3H3. The maximum atomic E-state index is 12.4. The van der Waals surface area contributed by atoms with E-state index < -0.39 is 0 Å². The van der Waals surface area contributed by atoms with E-state index in [4.69, 9.17) is 10.5 Å². The van der Waals surface area contributed by atoms with Crippen LogP contribution in [0.3, 0.4) is 0 Å². The number of amides is 1. The van der Waals surface area contributed by atoms with E-state index in [9.17, 15) is 9.59 Å². The Hall–Kier alpha value is -1.82. The minimum absolute atomic E-state index is 0.00206. The van der Waals surface area contributed by atoms with Crippen LogP contribution in [0.2, 0.25) is 0 Å². The minimum Gasteiger partial charge on any atom is -0.398 e. The summed E-state index contributed by atoms with van der Waals surface area (Å²) in [6.07, 6.45) is 2.34. The van der Waals surface area contributed by atoms with E-state index >= 15 is 0 Å². The number of methoxy groups -OCH3 is 1. The second kappa shape index (κ2) is 7.69. The summed E-state index contributed by atoms with van der Waals surface area (Å²) < 4.78 is 6.36. The van der Waals surface area contributed by atoms with E-state index in [0.717, 1.165) is 6.42 Å². The van der Waals surface area contributed by atoms with Crippen LogP contribution in [0.1, 0.15) is 20.3 Å². The first-order chi connectivity index (χ1) is 9.49. The van der Waals surface area contributed by atoms with Crippen LogP contribution in [0.4, 0.5) is 5.69 Å². The Morgan fingerprint density at radius 1 is 1.50 bits per heavy atom. The average molecular weight is 281 g/mol. The zero-order chi connectivity index (χ0) is 15.1. The molecule has 1 atom stereocenters. The third-order valence-electron chi connectivity index (χ3n) is 3.29. The highest BCUT2D eigenvalue weighted by atomic mass is 16.5. The quantitative estimate of drug-likeness (QED) is 0.798. The van der Waals surface area contributed by atoms with Gasteiger partial charge in [0.05, 0.1) is 6.61 Å². The molecule has 0 fully saturated rings. The number of hydrogen-bond acceptors (Lipinski definition) is 4. The van der Waals surface area contributed by atoms with Crippen LogP contribution in [0.25, 0.3) is 0 Å². The molecule has 0 aliphatic rings. The van der Waals surface area contributed by atoms with Crippen LogP contribution in [0, 0.1) is 0 Å². The van der Waals surface area contributed by atoms with Gasteiger partial charge in [-0.05, 0) is 19.4 Å². The fraction of sp³-hybridized carbons (Fsp3) is 0.571. The van der Waals surface area contributed by atoms with Gasteiger partial charge in [-0.3, -0.25) is 9.59 Å². The van der Waals surface area contributed by atoms with E-state index in [1.807, 2.05) is 13.8 Å². The molecule has 0 bridgehead atoms. The molecule has 0 aromatic carbocycles. The number of pyridine rings is 1. The second-order valence-electron chi connectivity index (χ2n) is 4.77. The lowest BCUT2D eigenvalue weighted by molar-refractivity contribution is -0.134. The van der Waals surface area contributed by atoms with Gasteiger partial charge in [0.15, 0.2) is 0 Å². The number of nitrogen functional groups attached to an aromatic ring is 1. The molecule has 0 saturated carbocycles. The average Bonchev–Trinajstić information content (AvgIpc) is 2.43. The van der Waals surface area contributed by atoms with Crippen LogP contribution < -0.4 is 11.3 Å². The van der Waals surface area contributed by atoms with Crippen LogP contribution >= 0.6 is 0 Å². The number of anilines is 1. The van der Waals surface area contributed by atoms with E-state index in [0.29, 0.717) is 18.8 Å². The number of carbonyl (C=O) groups is 1. The molecule has 1 aromatic heterocycles. The number of nitrogens with zero attached hydrogens (tertiary/aromatic N) is 2. The Balaban J connectivity index is 2.84. The van der Waals surface area contributed by atoms with Crippen molar-refractivity contribution in [2.75, 3.05) is 26.0 Å². The molecule has 1 unspecified atom stereocenters. The molecule has 1 rings (SSSR count). The van der Waals surface area contributed by atoms with Crippen LogP contribution in [-0.4, -0.2) is 41.7 Å². The topological polar surface area (TPSA) is 77.6 Å². The number of nitrogens with two attached hydrogens (primary N) is 1. The summed E-state index contributed by atoms with van der Waals surface area (Å²) in [6.45, 7) is 4.99. The fourth-order valence-corrected chi connectivity index (χ4v) is 1.91. The van der Waals surface area contributed by atoms with Crippen molar-refractivity contribution < 1.29 is 9.53 Å². The van der Waals surface area contributed by atoms with Crippen molar-refractivity contribution in [3.05, 3.63) is 28.7 Å². The smallest absolute Gasteiger partial charge is 0.251 e. The molecule has 0 saturated heterocycles. The van der Waals surface area contributed by atoms with Gasteiger partial charge < -0.3 is 19.9 Å². The van der Waals surface area contributed by atoms with Crippen LogP contribution in [0.5, 0.6) is 0 Å². The predicted octanol–water partition coefficient (Wildman–Crippen LogP) is 0.704. The molecule has 0 aliphatic carbocycles. The molecule has 0 aliphatic heterocycles. The molecule has 0 spiro atoms. The lowest BCUT2D eigenvalue weighted by Crippen LogP contribution is -2.43. The zero-order valence-electron chi connectivity index (χ0n) is 12.3. The summed E-state index contributed by atoms with van der Waals surface area (Å²) in [7, 11) is 1.60. The first-order valence-electron chi connectivity index (χ1n) is 6.74. The maximum absolute atomic E-state index is 12.4. The van der Waals surface area contributed by atoms with E-state index in [1.54, 1.807) is 12.0 Å². The third-order valence-corrected chi connectivity index (χ3v) is 3.29. The van der Waals surface area contributed by atoms with Gasteiger partial charge in [0, 0.05) is 37.6 Å². The van der Waals surface area contributed by atoms with Gasteiger partial charge in [0.1, 0.15) is 6.54 Å². The Labute approximate surface area is 119 Å². The molecule has 6 nitrogen and oxygen atoms in total. The summed E-state index contributed by atoms with van der Waals surface area (Å²) in [5, 5.41) is 0. The van der Waals surface area contributed by atoms with Crippen LogP contribution in [0.15, 0.2) is 23.1 Å². The second-order valence-corrected chi connectivity index (χ2v) is 4.77. The van der Waals surface area contributed by atoms with E-state index in [2.05, 4.69) is 0 Å². The molecule has 2 N–H and O–H groups in total. The van der Waals surface area contributed by atoms with Crippen molar-refractivity contribution in [1.82, 2.24) is 9.47 Å². The summed E-state index contributed by atoms with van der Waals surface area (Å²) in [4.78, 5) is 25.8. The maximum Gasteiger partial charge on any atom is 0.251 e. The molecular weight excluding hydrogens is 258 g/mol. The van der Waals surface area contributed by atoms with E-state index in [-0.39, 0.29) is 24.1 Å². The molecule has 0 radical (unpaired) electrons. The molecular formula is C14H23N3O3. The van der Waals surface area contributed by atoms with Gasteiger partial charge in [-0.25, -0.2) is 0 Å². The largest absolute Gasteiger partial charge is 0.398 e. The highest BCUT2D eigenvalue weighted by molar-refractivity contribution is 5.76. The number of rotatable bonds is 7. The van der Waals surface area contributed by atoms with Crippen molar-refractivity contribution in [1.29, 1.82) is 0 Å². The Kier molecular flexibility index (Phi) is 6.24. The zero-order valence-corrected chi connectivity index (χ0v) is 12.3. The molecule has 1 heterocycles. The van der Waals surface area contributed by atoms with Crippen molar-refractivity contribution in [2.24, 2.45) is 0 Å². The summed E-state index contributed by atoms with van der Waals surface area (Å²) in [5.41, 5.74) is 5.87. The highest BCUT2D eigenvalue weighted by Crippen LogP contribution is 2.05. The normalized spacial score (nSPS) is 12.2. The number of carbonyl (C=O) groups excluding carboxylic acids is 1. The van der Waals surface area contributed by atoms with Crippen LogP contribution in [-0.2, 0) is 16.1 Å². The fourth-order valence-electron chi connectivity index (χ4n) is 1.91. The SMILES string of the molecule is CCC(C)N(CCOC)C(=O)Cn1cc(N)ccc1=O. The van der Waals surface area contributed by atoms with Gasteiger partial charge >= 0.3 is 0 Å². The Morgan fingerprint density at radius 2 is 2.20 bits per heavy atom. The molecule has 20 heavy (non-hydrogen) atoms. The Morgan fingerprint density at radius 3 is 2.80 bits per heavy atom. The number of aromatic nitrogens is 1. The van der Waals surface area contributed by atoms with Crippen molar-refractivity contribution in [3.63, 3.8) is 0 Å². The van der Waals surface area contributed by atoms with Gasteiger partial charge in [0.25, 0.3) is 5.56 Å². The van der Waals surface area contributed by atoms with Crippen molar-refractivity contribution in [3.8, 4) is 0 Å². The monoisotopic (exact) mass is 281 g/mol. The van der Waals surface area contributed by atoms with Gasteiger partial charge in [-0.2, -0.15) is 0 Å². The van der Waals surface area contributed by atoms with Gasteiger partial charge in [-0.1, -0.05) is 6.92 Å². The lowest BCUT2D eigenvalue weighted by Gasteiger charge is -2.28. The third kappa shape index (κ3) is 4.38. The lowest BCUT2D eigenvalue weighted by atomic mass is 10.2. The first kappa shape index (κ1) is 16.2. The van der Waals surface area contributed by atoms with Crippen molar-refractivity contribution in [2.45, 2.75) is 32.9 Å². The van der Waals surface area contributed by atoms with E-state index in [1.165, 1.54) is 22.9 Å². The molecule has 6 heteroatoms. The molecule has 1 amide bonds. The predicted molar refractivity (Wildman–Crippen MR) is 78.5 cm³/mol. The molecule has 112 valence electrons. The first-order valence-corrected chi connectivity index (χ1v) is 6.74. The summed E-state index contributed by atoms with van der Waals surface area (Å²) >= 11 is 0. The minimum atomic E-state index is -0.233.